The first-order valence-electron chi connectivity index (χ1n) is 4.36. The molecule has 0 saturated heterocycles. The molecule has 0 aliphatic rings. The van der Waals surface area contributed by atoms with E-state index in [0.717, 1.165) is 5.56 Å². The molecule has 2 aromatic rings. The van der Waals surface area contributed by atoms with Gasteiger partial charge in [-0.05, 0) is 18.7 Å². The Balaban J connectivity index is 0.00000112. The van der Waals surface area contributed by atoms with E-state index in [4.69, 9.17) is 0 Å². The third-order valence-corrected chi connectivity index (χ3v) is 1.98. The molecule has 1 aromatic carbocycles. The summed E-state index contributed by atoms with van der Waals surface area (Å²) in [6, 6.07) is 11.3. The summed E-state index contributed by atoms with van der Waals surface area (Å²) < 4.78 is 13.3. The molecule has 0 amide bonds. The van der Waals surface area contributed by atoms with Crippen LogP contribution in [0.25, 0.3) is 11.3 Å². The number of hydrogen-bond acceptors (Lipinski definition) is 1. The number of aryl methyl sites for hydroxylation is 1. The summed E-state index contributed by atoms with van der Waals surface area (Å²) >= 11 is 0. The van der Waals surface area contributed by atoms with Crippen molar-refractivity contribution in [3.05, 3.63) is 54.0 Å². The Labute approximate surface area is 102 Å². The molecule has 0 aliphatic carbocycles. The summed E-state index contributed by atoms with van der Waals surface area (Å²) in [7, 11) is 0. The third kappa shape index (κ3) is 2.71. The standard InChI is InChI=1S/C12H9FN.Ir/c1-9-6-7-14-12(8-9)10-4-2-3-5-11(10)13;/h2-3,5-8H,1H3;/q-1;. The number of pyridine rings is 1. The van der Waals surface area contributed by atoms with Crippen LogP contribution in [0.4, 0.5) is 4.39 Å². The van der Waals surface area contributed by atoms with Gasteiger partial charge >= 0.3 is 0 Å². The number of rotatable bonds is 1. The summed E-state index contributed by atoms with van der Waals surface area (Å²) in [6.07, 6.45) is 1.67. The molecule has 0 unspecified atom stereocenters. The van der Waals surface area contributed by atoms with Crippen molar-refractivity contribution >= 4 is 0 Å². The normalized spacial score (nSPS) is 9.47. The van der Waals surface area contributed by atoms with Crippen molar-refractivity contribution in [1.29, 1.82) is 0 Å². The average Bonchev–Trinajstić information content (AvgIpc) is 2.18. The molecular formula is C12H9FIrN-. The predicted molar refractivity (Wildman–Crippen MR) is 53.2 cm³/mol. The fourth-order valence-electron chi connectivity index (χ4n) is 1.29. The van der Waals surface area contributed by atoms with E-state index < -0.39 is 0 Å². The van der Waals surface area contributed by atoms with E-state index >= 15 is 0 Å². The first-order valence-corrected chi connectivity index (χ1v) is 4.36. The van der Waals surface area contributed by atoms with Gasteiger partial charge in [0.2, 0.25) is 0 Å². The van der Waals surface area contributed by atoms with Gasteiger partial charge in [0.15, 0.2) is 0 Å². The van der Waals surface area contributed by atoms with Crippen LogP contribution >= 0.6 is 0 Å². The smallest absolute Gasteiger partial charge is 0.0380 e. The molecule has 0 spiro atoms. The van der Waals surface area contributed by atoms with E-state index in [9.17, 15) is 4.39 Å². The summed E-state index contributed by atoms with van der Waals surface area (Å²) in [5.74, 6) is -0.286. The van der Waals surface area contributed by atoms with Gasteiger partial charge in [-0.25, -0.2) is 0 Å². The van der Waals surface area contributed by atoms with Crippen LogP contribution in [0.15, 0.2) is 36.5 Å². The zero-order chi connectivity index (χ0) is 9.97. The van der Waals surface area contributed by atoms with Crippen molar-refractivity contribution in [3.8, 4) is 11.3 Å². The van der Waals surface area contributed by atoms with Gasteiger partial charge in [0, 0.05) is 32.1 Å². The SMILES string of the molecule is Cc1ccnc(-c2[c-]cccc2F)c1.[Ir]. The molecule has 0 aliphatic heterocycles. The van der Waals surface area contributed by atoms with Crippen LogP contribution in [0.3, 0.4) is 0 Å². The molecule has 0 fully saturated rings. The molecular weight excluding hydrogens is 369 g/mol. The molecule has 0 N–H and O–H groups in total. The van der Waals surface area contributed by atoms with Gasteiger partial charge in [0.25, 0.3) is 0 Å². The molecule has 1 radical (unpaired) electrons. The summed E-state index contributed by atoms with van der Waals surface area (Å²) in [4.78, 5) is 4.10. The van der Waals surface area contributed by atoms with Gasteiger partial charge < -0.3 is 4.98 Å². The van der Waals surface area contributed by atoms with E-state index in [0.29, 0.717) is 11.3 Å². The molecule has 3 heteroatoms. The maximum absolute atomic E-state index is 13.3. The van der Waals surface area contributed by atoms with Gasteiger partial charge in [-0.2, -0.15) is 0 Å². The second kappa shape index (κ2) is 5.15. The molecule has 0 bridgehead atoms. The van der Waals surface area contributed by atoms with Crippen molar-refractivity contribution < 1.29 is 24.5 Å². The molecule has 0 atom stereocenters. The van der Waals surface area contributed by atoms with Crippen molar-refractivity contribution in [2.45, 2.75) is 6.92 Å². The fraction of sp³-hybridized carbons (Fsp3) is 0.0833. The van der Waals surface area contributed by atoms with Crippen molar-refractivity contribution in [1.82, 2.24) is 4.98 Å². The van der Waals surface area contributed by atoms with E-state index in [1.54, 1.807) is 18.3 Å². The van der Waals surface area contributed by atoms with E-state index in [1.807, 2.05) is 19.1 Å². The quantitative estimate of drug-likeness (QED) is 0.696. The van der Waals surface area contributed by atoms with Gasteiger partial charge in [0.1, 0.15) is 0 Å². The van der Waals surface area contributed by atoms with Crippen LogP contribution in [0.2, 0.25) is 0 Å². The minimum Gasteiger partial charge on any atom is -0.305 e. The Kier molecular flexibility index (Phi) is 4.13. The molecule has 1 aromatic heterocycles. The van der Waals surface area contributed by atoms with Crippen LogP contribution in [0.5, 0.6) is 0 Å². The Morgan fingerprint density at radius 2 is 2.13 bits per heavy atom. The maximum Gasteiger partial charge on any atom is 0.0380 e. The van der Waals surface area contributed by atoms with Crippen molar-refractivity contribution in [2.24, 2.45) is 0 Å². The molecule has 79 valence electrons. The van der Waals surface area contributed by atoms with Crippen LogP contribution in [0, 0.1) is 18.8 Å². The number of benzene rings is 1. The van der Waals surface area contributed by atoms with Crippen molar-refractivity contribution in [2.75, 3.05) is 0 Å². The Hall–Kier alpha value is -1.05. The number of aromatic nitrogens is 1. The molecule has 15 heavy (non-hydrogen) atoms. The van der Waals surface area contributed by atoms with Crippen LogP contribution in [-0.4, -0.2) is 4.98 Å². The minimum atomic E-state index is -0.286. The Morgan fingerprint density at radius 1 is 1.33 bits per heavy atom. The number of halogens is 1. The monoisotopic (exact) mass is 379 g/mol. The van der Waals surface area contributed by atoms with Gasteiger partial charge in [-0.15, -0.1) is 24.3 Å². The first-order chi connectivity index (χ1) is 6.77. The Morgan fingerprint density at radius 3 is 2.80 bits per heavy atom. The van der Waals surface area contributed by atoms with Gasteiger partial charge in [0.05, 0.1) is 0 Å². The van der Waals surface area contributed by atoms with Crippen LogP contribution < -0.4 is 0 Å². The zero-order valence-corrected chi connectivity index (χ0v) is 10.5. The summed E-state index contributed by atoms with van der Waals surface area (Å²) in [5.41, 5.74) is 2.12. The topological polar surface area (TPSA) is 12.9 Å². The van der Waals surface area contributed by atoms with E-state index in [1.165, 1.54) is 6.07 Å². The first kappa shape index (κ1) is 12.0. The summed E-state index contributed by atoms with van der Waals surface area (Å²) in [5, 5.41) is 0. The second-order valence-electron chi connectivity index (χ2n) is 3.11. The Bertz CT molecular complexity index is 457. The largest absolute Gasteiger partial charge is 0.305 e. The molecule has 0 saturated carbocycles. The molecule has 1 nitrogen and oxygen atoms in total. The molecule has 2 rings (SSSR count). The zero-order valence-electron chi connectivity index (χ0n) is 8.12. The van der Waals surface area contributed by atoms with Crippen molar-refractivity contribution in [3.63, 3.8) is 0 Å². The average molecular weight is 378 g/mol. The number of nitrogens with zero attached hydrogens (tertiary/aromatic N) is 1. The number of hydrogen-bond donors (Lipinski definition) is 0. The van der Waals surface area contributed by atoms with Gasteiger partial charge in [-0.1, -0.05) is 17.2 Å². The second-order valence-corrected chi connectivity index (χ2v) is 3.11. The van der Waals surface area contributed by atoms with Crippen LogP contribution in [-0.2, 0) is 20.1 Å². The summed E-state index contributed by atoms with van der Waals surface area (Å²) in [6.45, 7) is 1.95. The maximum atomic E-state index is 13.3. The van der Waals surface area contributed by atoms with E-state index in [2.05, 4.69) is 11.1 Å². The third-order valence-electron chi connectivity index (χ3n) is 1.98. The van der Waals surface area contributed by atoms with Crippen LogP contribution in [0.1, 0.15) is 5.56 Å². The van der Waals surface area contributed by atoms with E-state index in [-0.39, 0.29) is 25.9 Å². The van der Waals surface area contributed by atoms with Gasteiger partial charge in [-0.3, -0.25) is 4.39 Å². The predicted octanol–water partition coefficient (Wildman–Crippen LogP) is 2.99. The molecule has 1 heterocycles. The minimum absolute atomic E-state index is 0. The fourth-order valence-corrected chi connectivity index (χ4v) is 1.29.